The van der Waals surface area contributed by atoms with Crippen LogP contribution in [0.25, 0.3) is 11.8 Å². The second-order valence-corrected chi connectivity index (χ2v) is 3.95. The predicted molar refractivity (Wildman–Crippen MR) is 65.2 cm³/mol. The second kappa shape index (κ2) is 5.01. The molecule has 18 heavy (non-hydrogen) atoms. The van der Waals surface area contributed by atoms with Gasteiger partial charge >= 0.3 is 5.97 Å². The second-order valence-electron chi connectivity index (χ2n) is 3.52. The Hall–Kier alpha value is -2.14. The minimum atomic E-state index is -1.09. The molecule has 0 fully saturated rings. The van der Waals surface area contributed by atoms with Crippen LogP contribution in [0.1, 0.15) is 5.56 Å². The lowest BCUT2D eigenvalue weighted by atomic mass is 10.2. The molecule has 0 spiro atoms. The summed E-state index contributed by atoms with van der Waals surface area (Å²) in [5.41, 5.74) is 0.894. The number of nitrogens with zero attached hydrogens (tertiary/aromatic N) is 2. The van der Waals surface area contributed by atoms with E-state index in [4.69, 9.17) is 16.7 Å². The quantitative estimate of drug-likeness (QED) is 0.869. The number of rotatable bonds is 3. The molecule has 1 N–H and O–H groups in total. The molecule has 2 aromatic rings. The Morgan fingerprint density at radius 3 is 2.83 bits per heavy atom. The molecule has 1 heterocycles. The molecule has 0 aliphatic carbocycles. The minimum Gasteiger partial charge on any atom is -0.478 e. The topological polar surface area (TPSA) is 55.1 Å². The zero-order valence-electron chi connectivity index (χ0n) is 9.05. The molecule has 0 saturated heterocycles. The number of hydrogen-bond acceptors (Lipinski definition) is 2. The molecular weight excluding hydrogens is 259 g/mol. The van der Waals surface area contributed by atoms with Gasteiger partial charge in [-0.1, -0.05) is 11.6 Å². The van der Waals surface area contributed by atoms with Crippen molar-refractivity contribution in [3.05, 3.63) is 53.1 Å². The maximum atomic E-state index is 13.4. The molecule has 1 aromatic carbocycles. The average Bonchev–Trinajstić information content (AvgIpc) is 2.72. The molecule has 0 aliphatic rings. The molecule has 0 amide bonds. The number of aliphatic carboxylic acids is 1. The molecule has 2 rings (SSSR count). The van der Waals surface area contributed by atoms with Crippen molar-refractivity contribution in [2.45, 2.75) is 0 Å². The molecule has 92 valence electrons. The highest BCUT2D eigenvalue weighted by Crippen LogP contribution is 2.16. The van der Waals surface area contributed by atoms with E-state index in [1.54, 1.807) is 6.07 Å². The zero-order valence-corrected chi connectivity index (χ0v) is 9.80. The van der Waals surface area contributed by atoms with E-state index in [0.29, 0.717) is 16.3 Å². The van der Waals surface area contributed by atoms with Crippen molar-refractivity contribution in [3.63, 3.8) is 0 Å². The highest BCUT2D eigenvalue weighted by atomic mass is 35.5. The van der Waals surface area contributed by atoms with Crippen molar-refractivity contribution in [2.24, 2.45) is 0 Å². The molecule has 6 heteroatoms. The SMILES string of the molecule is O=C(O)/C=C/c1cc(F)cc(-n2cc(Cl)cn2)c1. The van der Waals surface area contributed by atoms with Gasteiger partial charge in [-0.2, -0.15) is 5.10 Å². The molecule has 4 nitrogen and oxygen atoms in total. The van der Waals surface area contributed by atoms with Gasteiger partial charge in [0.1, 0.15) is 5.82 Å². The molecule has 1 aromatic heterocycles. The van der Waals surface area contributed by atoms with E-state index in [0.717, 1.165) is 6.08 Å². The Morgan fingerprint density at radius 2 is 2.22 bits per heavy atom. The number of carboxylic acids is 1. The fourth-order valence-corrected chi connectivity index (χ4v) is 1.57. The first-order chi connectivity index (χ1) is 8.54. The van der Waals surface area contributed by atoms with Crippen molar-refractivity contribution in [1.82, 2.24) is 9.78 Å². The normalized spacial score (nSPS) is 11.0. The summed E-state index contributed by atoms with van der Waals surface area (Å²) in [5.74, 6) is -1.58. The van der Waals surface area contributed by atoms with E-state index < -0.39 is 11.8 Å². The highest BCUT2D eigenvalue weighted by Gasteiger charge is 2.03. The summed E-state index contributed by atoms with van der Waals surface area (Å²) in [6.07, 6.45) is 5.20. The Balaban J connectivity index is 2.41. The summed E-state index contributed by atoms with van der Waals surface area (Å²) in [5, 5.41) is 12.9. The van der Waals surface area contributed by atoms with Crippen molar-refractivity contribution < 1.29 is 14.3 Å². The average molecular weight is 267 g/mol. The first-order valence-electron chi connectivity index (χ1n) is 4.97. The summed E-state index contributed by atoms with van der Waals surface area (Å²) in [4.78, 5) is 10.4. The lowest BCUT2D eigenvalue weighted by Crippen LogP contribution is -1.96. The molecule has 0 unspecified atom stereocenters. The number of hydrogen-bond donors (Lipinski definition) is 1. The smallest absolute Gasteiger partial charge is 0.328 e. The van der Waals surface area contributed by atoms with Gasteiger partial charge in [-0.05, 0) is 29.8 Å². The fourth-order valence-electron chi connectivity index (χ4n) is 1.43. The van der Waals surface area contributed by atoms with Gasteiger partial charge < -0.3 is 5.11 Å². The van der Waals surface area contributed by atoms with Crippen LogP contribution in [-0.4, -0.2) is 20.9 Å². The van der Waals surface area contributed by atoms with Crippen molar-refractivity contribution in [3.8, 4) is 5.69 Å². The van der Waals surface area contributed by atoms with Gasteiger partial charge in [0.15, 0.2) is 0 Å². The molecule has 0 radical (unpaired) electrons. The maximum absolute atomic E-state index is 13.4. The molecule has 0 bridgehead atoms. The van der Waals surface area contributed by atoms with Crippen LogP contribution in [0.4, 0.5) is 4.39 Å². The maximum Gasteiger partial charge on any atom is 0.328 e. The van der Waals surface area contributed by atoms with E-state index in [2.05, 4.69) is 5.10 Å². The number of halogens is 2. The van der Waals surface area contributed by atoms with Crippen molar-refractivity contribution in [2.75, 3.05) is 0 Å². The van der Waals surface area contributed by atoms with E-state index in [9.17, 15) is 9.18 Å². The fraction of sp³-hybridized carbons (Fsp3) is 0. The Kier molecular flexibility index (Phi) is 3.43. The lowest BCUT2D eigenvalue weighted by Gasteiger charge is -2.03. The van der Waals surface area contributed by atoms with E-state index in [-0.39, 0.29) is 0 Å². The van der Waals surface area contributed by atoms with Crippen LogP contribution < -0.4 is 0 Å². The van der Waals surface area contributed by atoms with Crippen LogP contribution in [0.15, 0.2) is 36.7 Å². The molecule has 0 saturated carbocycles. The van der Waals surface area contributed by atoms with Gasteiger partial charge in [-0.3, -0.25) is 0 Å². The monoisotopic (exact) mass is 266 g/mol. The first kappa shape index (κ1) is 12.3. The van der Waals surface area contributed by atoms with Crippen LogP contribution in [-0.2, 0) is 4.79 Å². The number of aromatic nitrogens is 2. The van der Waals surface area contributed by atoms with Crippen molar-refractivity contribution >= 4 is 23.6 Å². The highest BCUT2D eigenvalue weighted by molar-refractivity contribution is 6.30. The third kappa shape index (κ3) is 2.95. The summed E-state index contributed by atoms with van der Waals surface area (Å²) in [6, 6.07) is 4.11. The predicted octanol–water partition coefficient (Wildman–Crippen LogP) is 2.76. The minimum absolute atomic E-state index is 0.430. The van der Waals surface area contributed by atoms with Gasteiger partial charge in [0.2, 0.25) is 0 Å². The third-order valence-corrected chi connectivity index (χ3v) is 2.33. The summed E-state index contributed by atoms with van der Waals surface area (Å²) >= 11 is 5.72. The van der Waals surface area contributed by atoms with Crippen LogP contribution in [0.5, 0.6) is 0 Å². The lowest BCUT2D eigenvalue weighted by molar-refractivity contribution is -0.131. The third-order valence-electron chi connectivity index (χ3n) is 2.14. The Labute approximate surface area is 107 Å². The largest absolute Gasteiger partial charge is 0.478 e. The van der Waals surface area contributed by atoms with Gasteiger partial charge in [0, 0.05) is 12.3 Å². The van der Waals surface area contributed by atoms with E-state index >= 15 is 0 Å². The van der Waals surface area contributed by atoms with Gasteiger partial charge in [0.05, 0.1) is 16.9 Å². The summed E-state index contributed by atoms with van der Waals surface area (Å²) in [6.45, 7) is 0. The number of benzene rings is 1. The number of carbonyl (C=O) groups is 1. The Bertz CT molecular complexity index is 622. The molecule has 0 aliphatic heterocycles. The zero-order chi connectivity index (χ0) is 13.1. The van der Waals surface area contributed by atoms with Gasteiger partial charge in [-0.15, -0.1) is 0 Å². The summed E-state index contributed by atoms with van der Waals surface area (Å²) in [7, 11) is 0. The Morgan fingerprint density at radius 1 is 1.44 bits per heavy atom. The van der Waals surface area contributed by atoms with Crippen LogP contribution in [0.2, 0.25) is 5.02 Å². The first-order valence-corrected chi connectivity index (χ1v) is 5.34. The van der Waals surface area contributed by atoms with E-state index in [1.165, 1.54) is 35.3 Å². The molecule has 0 atom stereocenters. The standard InChI is InChI=1S/C12H8ClFN2O2/c13-9-6-15-16(7-9)11-4-8(1-2-12(17)18)3-10(14)5-11/h1-7H,(H,17,18)/b2-1+. The summed E-state index contributed by atoms with van der Waals surface area (Å²) < 4.78 is 14.8. The van der Waals surface area contributed by atoms with Crippen LogP contribution in [0.3, 0.4) is 0 Å². The van der Waals surface area contributed by atoms with Crippen molar-refractivity contribution in [1.29, 1.82) is 0 Å². The van der Waals surface area contributed by atoms with Crippen LogP contribution >= 0.6 is 11.6 Å². The number of carboxylic acid groups (broad SMARTS) is 1. The van der Waals surface area contributed by atoms with Gasteiger partial charge in [0.25, 0.3) is 0 Å². The van der Waals surface area contributed by atoms with Gasteiger partial charge in [-0.25, -0.2) is 13.9 Å². The van der Waals surface area contributed by atoms with E-state index in [1.807, 2.05) is 0 Å². The molecular formula is C12H8ClFN2O2. The van der Waals surface area contributed by atoms with Crippen LogP contribution in [0, 0.1) is 5.82 Å².